The molecule has 6 rings (SSSR count). The molecule has 0 saturated heterocycles. The molecule has 1 aliphatic carbocycles. The number of ether oxygens (including phenoxy) is 3. The fourth-order valence-corrected chi connectivity index (χ4v) is 8.09. The van der Waals surface area contributed by atoms with Gasteiger partial charge in [0.05, 0.1) is 32.3 Å². The van der Waals surface area contributed by atoms with E-state index in [1.54, 1.807) is 14.2 Å². The van der Waals surface area contributed by atoms with E-state index in [2.05, 4.69) is 112 Å². The number of methoxy groups -OCH3 is 2. The largest absolute Gasteiger partial charge is 0.497 e. The fourth-order valence-electron chi connectivity index (χ4n) is 7.08. The Kier molecular flexibility index (Phi) is 10.4. The molecule has 0 aliphatic heterocycles. The summed E-state index contributed by atoms with van der Waals surface area (Å²) in [5, 5.41) is 3.34. The normalized spacial score (nSPS) is 13.5. The highest BCUT2D eigenvalue weighted by atomic mass is 28.4. The molecule has 1 atom stereocenters. The lowest BCUT2D eigenvalue weighted by Crippen LogP contribution is -2.56. The minimum absolute atomic E-state index is 0.0447. The Labute approximate surface area is 303 Å². The summed E-state index contributed by atoms with van der Waals surface area (Å²) in [5.41, 5.74) is 6.76. The van der Waals surface area contributed by atoms with E-state index in [9.17, 15) is 4.79 Å². The molecule has 1 amide bonds. The van der Waals surface area contributed by atoms with Gasteiger partial charge < -0.3 is 24.0 Å². The van der Waals surface area contributed by atoms with Crippen LogP contribution in [-0.2, 0) is 14.6 Å². The highest BCUT2D eigenvalue weighted by molar-refractivity contribution is 6.74. The van der Waals surface area contributed by atoms with Crippen LogP contribution in [0.1, 0.15) is 54.5 Å². The maximum atomic E-state index is 14.3. The quantitative estimate of drug-likeness (QED) is 0.104. The summed E-state index contributed by atoms with van der Waals surface area (Å²) in [5.74, 6) is 1.43. The van der Waals surface area contributed by atoms with Crippen LogP contribution in [0.3, 0.4) is 0 Å². The maximum absolute atomic E-state index is 14.3. The highest BCUT2D eigenvalue weighted by Gasteiger charge is 2.47. The molecule has 1 unspecified atom stereocenters. The zero-order valence-electron chi connectivity index (χ0n) is 30.7. The second-order valence-electron chi connectivity index (χ2n) is 14.7. The Morgan fingerprint density at radius 1 is 0.667 bits per heavy atom. The average Bonchev–Trinajstić information content (AvgIpc) is 3.47. The number of hydrogen-bond acceptors (Lipinski definition) is 5. The smallest absolute Gasteiger partial charge is 0.407 e. The van der Waals surface area contributed by atoms with Crippen LogP contribution in [0.4, 0.5) is 4.79 Å². The van der Waals surface area contributed by atoms with Crippen molar-refractivity contribution in [1.82, 2.24) is 5.32 Å². The van der Waals surface area contributed by atoms with Crippen LogP contribution in [0.2, 0.25) is 18.1 Å². The summed E-state index contributed by atoms with van der Waals surface area (Å²) in [7, 11) is 1.05. The first-order valence-electron chi connectivity index (χ1n) is 17.6. The summed E-state index contributed by atoms with van der Waals surface area (Å²) in [4.78, 5) is 14.3. The first-order valence-corrected chi connectivity index (χ1v) is 20.5. The van der Waals surface area contributed by atoms with Crippen LogP contribution in [0, 0.1) is 0 Å². The van der Waals surface area contributed by atoms with E-state index in [0.29, 0.717) is 0 Å². The monoisotopic (exact) mass is 699 g/mol. The van der Waals surface area contributed by atoms with Crippen molar-refractivity contribution in [2.45, 2.75) is 56.3 Å². The fraction of sp³-hybridized carbons (Fsp3) is 0.295. The molecule has 5 aromatic carbocycles. The Hall–Kier alpha value is -4.85. The third-order valence-electron chi connectivity index (χ3n) is 10.9. The van der Waals surface area contributed by atoms with Gasteiger partial charge in [-0.05, 0) is 81.3 Å². The van der Waals surface area contributed by atoms with Crippen molar-refractivity contribution in [3.63, 3.8) is 0 Å². The molecular formula is C44H49NO5Si. The van der Waals surface area contributed by atoms with Crippen molar-refractivity contribution >= 4 is 14.4 Å². The standard InChI is InChI=1S/C44H49NO5Si/c1-43(2,3)51(6,7)50-30-41(45-42(46)49-29-40-38-19-13-11-17-36(38)37-18-12-14-20-39(37)40)44(31-15-9-8-10-16-31,32-21-25-34(47-4)26-22-32)33-23-27-35(48-5)28-24-33/h8-28,40-41H,29-30H2,1-7H3,(H,45,46). The van der Waals surface area contributed by atoms with E-state index in [-0.39, 0.29) is 24.2 Å². The summed E-state index contributed by atoms with van der Waals surface area (Å²) >= 11 is 0. The SMILES string of the molecule is COc1ccc(C(c2ccccc2)(c2ccc(OC)cc2)C(CO[Si](C)(C)C(C)(C)C)NC(=O)OCC2c3ccccc3-c3ccccc32)cc1. The summed E-state index contributed by atoms with van der Waals surface area (Å²) < 4.78 is 24.4. The van der Waals surface area contributed by atoms with E-state index >= 15 is 0 Å². The molecule has 0 heterocycles. The van der Waals surface area contributed by atoms with Crippen molar-refractivity contribution in [2.24, 2.45) is 0 Å². The number of carbonyl (C=O) groups is 1. The van der Waals surface area contributed by atoms with E-state index in [0.717, 1.165) is 28.2 Å². The summed E-state index contributed by atoms with van der Waals surface area (Å²) in [6, 6.07) is 42.7. The van der Waals surface area contributed by atoms with Gasteiger partial charge in [0.15, 0.2) is 8.32 Å². The number of carbonyl (C=O) groups excluding carboxylic acids is 1. The molecule has 0 bridgehead atoms. The number of fused-ring (bicyclic) bond motifs is 3. The van der Waals surface area contributed by atoms with E-state index in [4.69, 9.17) is 18.6 Å². The van der Waals surface area contributed by atoms with Crippen molar-refractivity contribution < 1.29 is 23.4 Å². The topological polar surface area (TPSA) is 66.0 Å². The molecule has 1 N–H and O–H groups in total. The second-order valence-corrected chi connectivity index (χ2v) is 19.5. The third kappa shape index (κ3) is 7.06. The molecule has 0 saturated carbocycles. The zero-order valence-corrected chi connectivity index (χ0v) is 31.7. The molecule has 0 spiro atoms. The first kappa shape index (κ1) is 36.0. The number of hydrogen-bond donors (Lipinski definition) is 1. The van der Waals surface area contributed by atoms with Crippen molar-refractivity contribution in [2.75, 3.05) is 27.4 Å². The third-order valence-corrected chi connectivity index (χ3v) is 15.4. The molecular weight excluding hydrogens is 651 g/mol. The minimum atomic E-state index is -2.28. The van der Waals surface area contributed by atoms with Crippen LogP contribution in [0.5, 0.6) is 11.5 Å². The Balaban J connectivity index is 1.45. The van der Waals surface area contributed by atoms with E-state index in [1.165, 1.54) is 22.3 Å². The number of rotatable bonds is 12. The van der Waals surface area contributed by atoms with Gasteiger partial charge >= 0.3 is 6.09 Å². The van der Waals surface area contributed by atoms with Gasteiger partial charge in [-0.2, -0.15) is 0 Å². The van der Waals surface area contributed by atoms with Gasteiger partial charge in [-0.3, -0.25) is 0 Å². The summed E-state index contributed by atoms with van der Waals surface area (Å²) in [6.45, 7) is 11.6. The predicted molar refractivity (Wildman–Crippen MR) is 207 cm³/mol. The molecule has 6 nitrogen and oxygen atoms in total. The zero-order chi connectivity index (χ0) is 36.2. The van der Waals surface area contributed by atoms with Crippen LogP contribution < -0.4 is 14.8 Å². The molecule has 1 aliphatic rings. The van der Waals surface area contributed by atoms with Crippen molar-refractivity contribution in [3.8, 4) is 22.6 Å². The van der Waals surface area contributed by atoms with Crippen LogP contribution in [0.25, 0.3) is 11.1 Å². The number of alkyl carbamates (subject to hydrolysis) is 1. The molecule has 0 aromatic heterocycles. The Morgan fingerprint density at radius 2 is 1.12 bits per heavy atom. The van der Waals surface area contributed by atoms with Gasteiger partial charge in [-0.15, -0.1) is 0 Å². The lowest BCUT2D eigenvalue weighted by atomic mass is 9.64. The molecule has 51 heavy (non-hydrogen) atoms. The van der Waals surface area contributed by atoms with Crippen molar-refractivity contribution in [1.29, 1.82) is 0 Å². The number of benzene rings is 5. The lowest BCUT2D eigenvalue weighted by molar-refractivity contribution is 0.126. The highest BCUT2D eigenvalue weighted by Crippen LogP contribution is 2.46. The van der Waals surface area contributed by atoms with Gasteiger partial charge in [0.25, 0.3) is 0 Å². The molecule has 5 aromatic rings. The minimum Gasteiger partial charge on any atom is -0.497 e. The van der Waals surface area contributed by atoms with Crippen LogP contribution in [0.15, 0.2) is 127 Å². The number of amides is 1. The van der Waals surface area contributed by atoms with Gasteiger partial charge in [-0.1, -0.05) is 124 Å². The van der Waals surface area contributed by atoms with Crippen LogP contribution in [-0.4, -0.2) is 47.9 Å². The van der Waals surface area contributed by atoms with Gasteiger partial charge in [0, 0.05) is 5.92 Å². The van der Waals surface area contributed by atoms with Gasteiger partial charge in [-0.25, -0.2) is 4.79 Å². The Bertz CT molecular complexity index is 1840. The van der Waals surface area contributed by atoms with Gasteiger partial charge in [0.2, 0.25) is 0 Å². The molecule has 0 radical (unpaired) electrons. The second kappa shape index (κ2) is 14.8. The molecule has 0 fully saturated rings. The van der Waals surface area contributed by atoms with Gasteiger partial charge in [0.1, 0.15) is 18.1 Å². The van der Waals surface area contributed by atoms with E-state index < -0.39 is 25.9 Å². The molecule has 7 heteroatoms. The average molecular weight is 700 g/mol. The summed E-state index contributed by atoms with van der Waals surface area (Å²) in [6.07, 6.45) is -0.497. The molecule has 264 valence electrons. The van der Waals surface area contributed by atoms with Crippen molar-refractivity contribution in [3.05, 3.63) is 155 Å². The lowest BCUT2D eigenvalue weighted by Gasteiger charge is -2.45. The first-order chi connectivity index (χ1) is 24.5. The van der Waals surface area contributed by atoms with Crippen LogP contribution >= 0.6 is 0 Å². The predicted octanol–water partition coefficient (Wildman–Crippen LogP) is 9.97. The Morgan fingerprint density at radius 3 is 1.59 bits per heavy atom. The maximum Gasteiger partial charge on any atom is 0.407 e. The number of nitrogens with one attached hydrogen (secondary N) is 1. The van der Waals surface area contributed by atoms with E-state index in [1.807, 2.05) is 54.6 Å².